The Balaban J connectivity index is 2.69. The highest BCUT2D eigenvalue weighted by atomic mass is 16.4. The molecule has 0 saturated heterocycles. The number of hydrogen-bond donors (Lipinski definition) is 1. The van der Waals surface area contributed by atoms with Gasteiger partial charge in [-0.2, -0.15) is 0 Å². The highest BCUT2D eigenvalue weighted by molar-refractivity contribution is 5.87. The van der Waals surface area contributed by atoms with Crippen molar-refractivity contribution in [3.8, 4) is 0 Å². The zero-order valence-corrected chi connectivity index (χ0v) is 13.8. The zero-order chi connectivity index (χ0) is 15.8. The van der Waals surface area contributed by atoms with Crippen LogP contribution in [-0.2, 0) is 6.54 Å². The van der Waals surface area contributed by atoms with Gasteiger partial charge in [0, 0.05) is 6.54 Å². The maximum Gasteiger partial charge on any atom is 0.335 e. The molecule has 118 valence electrons. The van der Waals surface area contributed by atoms with E-state index < -0.39 is 5.97 Å². The molecule has 0 aliphatic rings. The first-order valence-corrected chi connectivity index (χ1v) is 7.93. The van der Waals surface area contributed by atoms with Gasteiger partial charge in [-0.05, 0) is 55.5 Å². The van der Waals surface area contributed by atoms with E-state index in [1.807, 2.05) is 12.1 Å². The molecule has 3 nitrogen and oxygen atoms in total. The molecule has 0 aliphatic carbocycles. The fraction of sp³-hybridized carbons (Fsp3) is 0.611. The van der Waals surface area contributed by atoms with Crippen molar-refractivity contribution in [2.45, 2.75) is 47.1 Å². The van der Waals surface area contributed by atoms with E-state index in [4.69, 9.17) is 5.11 Å². The Labute approximate surface area is 129 Å². The molecule has 0 heterocycles. The second kappa shape index (κ2) is 8.83. The number of hydrogen-bond acceptors (Lipinski definition) is 2. The predicted octanol–water partition coefficient (Wildman–Crippen LogP) is 4.28. The standard InChI is InChI=1S/C18H29NO2/c1-14(2)8-10-19(11-9-15(3)4)13-16-6-5-7-17(12-16)18(20)21/h5-7,12,14-15H,8-11,13H2,1-4H3,(H,20,21). The number of carboxylic acids is 1. The molecule has 1 aromatic carbocycles. The molecule has 1 rings (SSSR count). The molecular weight excluding hydrogens is 262 g/mol. The molecule has 21 heavy (non-hydrogen) atoms. The first kappa shape index (κ1) is 17.7. The Bertz CT molecular complexity index is 429. The highest BCUT2D eigenvalue weighted by Gasteiger charge is 2.10. The lowest BCUT2D eigenvalue weighted by atomic mass is 10.1. The summed E-state index contributed by atoms with van der Waals surface area (Å²) in [6.45, 7) is 11.9. The minimum atomic E-state index is -0.854. The molecule has 0 bridgehead atoms. The number of rotatable bonds is 9. The summed E-state index contributed by atoms with van der Waals surface area (Å²) >= 11 is 0. The average Bonchev–Trinajstić information content (AvgIpc) is 2.41. The van der Waals surface area contributed by atoms with Gasteiger partial charge in [0.1, 0.15) is 0 Å². The van der Waals surface area contributed by atoms with Gasteiger partial charge < -0.3 is 5.11 Å². The van der Waals surface area contributed by atoms with E-state index in [2.05, 4.69) is 32.6 Å². The molecule has 0 amide bonds. The van der Waals surface area contributed by atoms with Crippen molar-refractivity contribution in [1.82, 2.24) is 4.90 Å². The van der Waals surface area contributed by atoms with Crippen molar-refractivity contribution < 1.29 is 9.90 Å². The average molecular weight is 291 g/mol. The van der Waals surface area contributed by atoms with Crippen molar-refractivity contribution >= 4 is 5.97 Å². The van der Waals surface area contributed by atoms with Gasteiger partial charge in [-0.15, -0.1) is 0 Å². The van der Waals surface area contributed by atoms with E-state index in [0.717, 1.165) is 25.2 Å². The molecule has 1 aromatic rings. The van der Waals surface area contributed by atoms with E-state index in [-0.39, 0.29) is 0 Å². The van der Waals surface area contributed by atoms with E-state index in [1.165, 1.54) is 12.8 Å². The normalized spacial score (nSPS) is 11.6. The summed E-state index contributed by atoms with van der Waals surface area (Å²) in [7, 11) is 0. The van der Waals surface area contributed by atoms with Crippen molar-refractivity contribution in [2.75, 3.05) is 13.1 Å². The summed E-state index contributed by atoms with van der Waals surface area (Å²) in [5.41, 5.74) is 1.46. The molecule has 0 aromatic heterocycles. The predicted molar refractivity (Wildman–Crippen MR) is 87.6 cm³/mol. The van der Waals surface area contributed by atoms with E-state index in [1.54, 1.807) is 12.1 Å². The van der Waals surface area contributed by atoms with Gasteiger partial charge in [-0.1, -0.05) is 39.8 Å². The maximum atomic E-state index is 11.1. The van der Waals surface area contributed by atoms with Crippen molar-refractivity contribution in [1.29, 1.82) is 0 Å². The summed E-state index contributed by atoms with van der Waals surface area (Å²) in [5, 5.41) is 9.08. The summed E-state index contributed by atoms with van der Waals surface area (Å²) < 4.78 is 0. The highest BCUT2D eigenvalue weighted by Crippen LogP contribution is 2.12. The third-order valence-corrected chi connectivity index (χ3v) is 3.63. The molecule has 0 aliphatic heterocycles. The Hall–Kier alpha value is -1.35. The van der Waals surface area contributed by atoms with Crippen molar-refractivity contribution in [3.05, 3.63) is 35.4 Å². The monoisotopic (exact) mass is 291 g/mol. The molecule has 0 atom stereocenters. The van der Waals surface area contributed by atoms with Crippen LogP contribution < -0.4 is 0 Å². The molecule has 3 heteroatoms. The van der Waals surface area contributed by atoms with E-state index in [0.29, 0.717) is 17.4 Å². The molecule has 0 saturated carbocycles. The number of aromatic carboxylic acids is 1. The molecule has 0 unspecified atom stereocenters. The number of benzene rings is 1. The van der Waals surface area contributed by atoms with Gasteiger partial charge in [0.2, 0.25) is 0 Å². The van der Waals surface area contributed by atoms with Crippen molar-refractivity contribution in [3.63, 3.8) is 0 Å². The summed E-state index contributed by atoms with van der Waals surface area (Å²) in [4.78, 5) is 13.5. The SMILES string of the molecule is CC(C)CCN(CCC(C)C)Cc1cccc(C(=O)O)c1. The quantitative estimate of drug-likeness (QED) is 0.738. The molecule has 1 N–H and O–H groups in total. The maximum absolute atomic E-state index is 11.1. The van der Waals surface area contributed by atoms with Crippen LogP contribution in [0.5, 0.6) is 0 Å². The lowest BCUT2D eigenvalue weighted by Gasteiger charge is -2.24. The van der Waals surface area contributed by atoms with Gasteiger partial charge in [0.25, 0.3) is 0 Å². The van der Waals surface area contributed by atoms with Crippen LogP contribution in [0.4, 0.5) is 0 Å². The minimum absolute atomic E-state index is 0.375. The molecule has 0 spiro atoms. The summed E-state index contributed by atoms with van der Waals surface area (Å²) in [6.07, 6.45) is 2.35. The van der Waals surface area contributed by atoms with Gasteiger partial charge in [-0.25, -0.2) is 4.79 Å². The lowest BCUT2D eigenvalue weighted by molar-refractivity contribution is 0.0696. The topological polar surface area (TPSA) is 40.5 Å². The zero-order valence-electron chi connectivity index (χ0n) is 13.8. The van der Waals surface area contributed by atoms with Crippen LogP contribution >= 0.6 is 0 Å². The first-order valence-electron chi connectivity index (χ1n) is 7.93. The van der Waals surface area contributed by atoms with Gasteiger partial charge in [-0.3, -0.25) is 4.90 Å². The molecule has 0 radical (unpaired) electrons. The molecular formula is C18H29NO2. The van der Waals surface area contributed by atoms with Crippen LogP contribution in [0.2, 0.25) is 0 Å². The first-order chi connectivity index (χ1) is 9.88. The van der Waals surface area contributed by atoms with Crippen LogP contribution in [0.1, 0.15) is 56.5 Å². The Morgan fingerprint density at radius 1 is 1.10 bits per heavy atom. The minimum Gasteiger partial charge on any atom is -0.478 e. The number of carboxylic acid groups (broad SMARTS) is 1. The van der Waals surface area contributed by atoms with Crippen LogP contribution in [0.25, 0.3) is 0 Å². The Morgan fingerprint density at radius 2 is 1.67 bits per heavy atom. The van der Waals surface area contributed by atoms with E-state index >= 15 is 0 Å². The smallest absolute Gasteiger partial charge is 0.335 e. The fourth-order valence-corrected chi connectivity index (χ4v) is 2.21. The second-order valence-electron chi connectivity index (χ2n) is 6.65. The Morgan fingerprint density at radius 3 is 2.14 bits per heavy atom. The van der Waals surface area contributed by atoms with Gasteiger partial charge in [0.05, 0.1) is 5.56 Å². The van der Waals surface area contributed by atoms with Gasteiger partial charge in [0.15, 0.2) is 0 Å². The third kappa shape index (κ3) is 7.28. The number of nitrogens with zero attached hydrogens (tertiary/aromatic N) is 1. The summed E-state index contributed by atoms with van der Waals surface area (Å²) in [6, 6.07) is 7.30. The summed E-state index contributed by atoms with van der Waals surface area (Å²) in [5.74, 6) is 0.529. The van der Waals surface area contributed by atoms with Crippen LogP contribution in [0.3, 0.4) is 0 Å². The largest absolute Gasteiger partial charge is 0.478 e. The van der Waals surface area contributed by atoms with Crippen LogP contribution in [0, 0.1) is 11.8 Å². The van der Waals surface area contributed by atoms with Crippen LogP contribution in [0.15, 0.2) is 24.3 Å². The fourth-order valence-electron chi connectivity index (χ4n) is 2.21. The molecule has 0 fully saturated rings. The third-order valence-electron chi connectivity index (χ3n) is 3.63. The number of carbonyl (C=O) groups is 1. The van der Waals surface area contributed by atoms with Crippen LogP contribution in [-0.4, -0.2) is 29.1 Å². The van der Waals surface area contributed by atoms with Crippen molar-refractivity contribution in [2.24, 2.45) is 11.8 Å². The van der Waals surface area contributed by atoms with E-state index in [9.17, 15) is 4.79 Å². The Kier molecular flexibility index (Phi) is 7.44. The van der Waals surface area contributed by atoms with Gasteiger partial charge >= 0.3 is 5.97 Å². The second-order valence-corrected chi connectivity index (χ2v) is 6.65. The lowest BCUT2D eigenvalue weighted by Crippen LogP contribution is -2.27.